The van der Waals surface area contributed by atoms with Crippen molar-refractivity contribution < 1.29 is 0 Å². The van der Waals surface area contributed by atoms with E-state index in [2.05, 4.69) is 33.4 Å². The van der Waals surface area contributed by atoms with Gasteiger partial charge in [-0.05, 0) is 198 Å². The molecule has 240 valence electrons. The largest absolute Gasteiger partial charge is 0.0530 e. The molecule has 12 aliphatic carbocycles. The normalized spacial score (nSPS) is 56.8. The summed E-state index contributed by atoms with van der Waals surface area (Å²) < 4.78 is 0. The summed E-state index contributed by atoms with van der Waals surface area (Å²) >= 11 is 0. The Morgan fingerprint density at radius 3 is 0.578 bits per heavy atom. The number of benzene rings is 1. The zero-order valence-electron chi connectivity index (χ0n) is 28.2. The van der Waals surface area contributed by atoms with Crippen LogP contribution in [0.5, 0.6) is 0 Å². The van der Waals surface area contributed by atoms with Crippen LogP contribution in [0.2, 0.25) is 0 Å². The zero-order chi connectivity index (χ0) is 28.7. The molecule has 0 N–H and O–H groups in total. The lowest BCUT2D eigenvalue weighted by Gasteiger charge is -2.51. The first-order valence-corrected chi connectivity index (χ1v) is 21.5. The van der Waals surface area contributed by atoms with Gasteiger partial charge in [-0.1, -0.05) is 77.0 Å². The minimum atomic E-state index is 0.991. The SMILES string of the molecule is C1CC[C@H]2C[C@@H]3[C@H](C[C@H]2C1)[C@@H]1C[C@H]3c2c1c1c(c3c2[C@@H]2C[C@H]3[C@@H]3C[C@@H]4CCCC[C@@H]4C[C@@H]32)[C@@H]2C[C@H]1[C@@H]1C[C@@H]3CCCC[C@@H]3C[C@@H]12. The predicted molar refractivity (Wildman–Crippen MR) is 182 cm³/mol. The topological polar surface area (TPSA) is 0 Å². The lowest BCUT2D eigenvalue weighted by atomic mass is 9.53. The van der Waals surface area contributed by atoms with Gasteiger partial charge in [0.15, 0.2) is 0 Å². The average Bonchev–Trinajstić information content (AvgIpc) is 3.93. The van der Waals surface area contributed by atoms with Crippen LogP contribution >= 0.6 is 0 Å². The molecule has 0 unspecified atom stereocenters. The van der Waals surface area contributed by atoms with Crippen molar-refractivity contribution in [2.24, 2.45) is 71.0 Å². The van der Waals surface area contributed by atoms with E-state index in [0.29, 0.717) is 0 Å². The molecule has 0 amide bonds. The molecule has 1 aromatic rings. The highest BCUT2D eigenvalue weighted by Crippen LogP contribution is 2.78. The first-order chi connectivity index (χ1) is 22.3. The third-order valence-corrected chi connectivity index (χ3v) is 19.9. The molecular formula is C45H60. The summed E-state index contributed by atoms with van der Waals surface area (Å²) in [6.07, 6.45) is 33.5. The van der Waals surface area contributed by atoms with Gasteiger partial charge < -0.3 is 0 Å². The van der Waals surface area contributed by atoms with Gasteiger partial charge in [0.1, 0.15) is 0 Å². The fraction of sp³-hybridized carbons (Fsp3) is 0.867. The van der Waals surface area contributed by atoms with E-state index < -0.39 is 0 Å². The number of rotatable bonds is 0. The molecule has 12 aliphatic rings. The monoisotopic (exact) mass is 600 g/mol. The second kappa shape index (κ2) is 9.06. The second-order valence-corrected chi connectivity index (χ2v) is 20.6. The maximum Gasteiger partial charge on any atom is -0.0119 e. The minimum absolute atomic E-state index is 0.991. The third-order valence-electron chi connectivity index (χ3n) is 19.9. The van der Waals surface area contributed by atoms with Crippen molar-refractivity contribution >= 4 is 0 Å². The fourth-order valence-electron chi connectivity index (χ4n) is 18.8. The maximum atomic E-state index is 2.15. The summed E-state index contributed by atoms with van der Waals surface area (Å²) in [5.74, 6) is 19.1. The standard InChI is InChI=1S/C45H60/c1-2-8-23-14-29-28(13-22(23)7-1)34-19-35(29)41-40(34)42-36-20-38(31-16-25-10-4-3-9-24(25)15-30(31)36)44(42)45-39-21-37(43(41)45)32-17-26-11-5-6-12-27(26)18-33(32)39/h22-39H,1-21H2/t22-,23+,24+,25-,26-,27+,28+,29-,30-,31+,32+,33-,34-,35+,36-,37-,38+,39+. The van der Waals surface area contributed by atoms with E-state index in [-0.39, 0.29) is 0 Å². The molecule has 0 heteroatoms. The van der Waals surface area contributed by atoms with Crippen LogP contribution in [0.1, 0.15) is 204 Å². The Labute approximate surface area is 274 Å². The van der Waals surface area contributed by atoms with Gasteiger partial charge in [0.05, 0.1) is 0 Å². The molecule has 0 nitrogen and oxygen atoms in total. The smallest absolute Gasteiger partial charge is 0.0119 e. The van der Waals surface area contributed by atoms with Gasteiger partial charge in [-0.25, -0.2) is 0 Å². The first-order valence-electron chi connectivity index (χ1n) is 21.5. The summed E-state index contributed by atoms with van der Waals surface area (Å²) in [5.41, 5.74) is 12.9. The van der Waals surface area contributed by atoms with Crippen LogP contribution in [0.15, 0.2) is 0 Å². The van der Waals surface area contributed by atoms with Crippen molar-refractivity contribution in [2.45, 2.75) is 170 Å². The van der Waals surface area contributed by atoms with Crippen LogP contribution < -0.4 is 0 Å². The molecule has 0 aromatic heterocycles. The molecule has 6 bridgehead atoms. The molecule has 0 saturated heterocycles. The highest BCUT2D eigenvalue weighted by molar-refractivity contribution is 5.68. The Morgan fingerprint density at radius 2 is 0.400 bits per heavy atom. The van der Waals surface area contributed by atoms with Gasteiger partial charge in [0.25, 0.3) is 0 Å². The zero-order valence-corrected chi connectivity index (χ0v) is 28.2. The molecule has 45 heavy (non-hydrogen) atoms. The van der Waals surface area contributed by atoms with E-state index in [1.807, 2.05) is 0 Å². The second-order valence-electron chi connectivity index (χ2n) is 20.6. The summed E-state index contributed by atoms with van der Waals surface area (Å²) in [6, 6.07) is 0. The van der Waals surface area contributed by atoms with Crippen molar-refractivity contribution in [1.29, 1.82) is 0 Å². The van der Waals surface area contributed by atoms with Crippen molar-refractivity contribution in [1.82, 2.24) is 0 Å². The molecule has 1 aromatic carbocycles. The Balaban J connectivity index is 0.980. The molecule has 0 radical (unpaired) electrons. The molecule has 0 spiro atoms. The lowest BCUT2D eigenvalue weighted by molar-refractivity contribution is 0.0693. The molecule has 0 aliphatic heterocycles. The van der Waals surface area contributed by atoms with Crippen LogP contribution in [0, 0.1) is 71.0 Å². The maximum absolute atomic E-state index is 2.15. The van der Waals surface area contributed by atoms with Crippen molar-refractivity contribution in [3.63, 3.8) is 0 Å². The highest BCUT2D eigenvalue weighted by Gasteiger charge is 2.65. The van der Waals surface area contributed by atoms with E-state index in [1.165, 1.54) is 0 Å². The first kappa shape index (κ1) is 26.1. The van der Waals surface area contributed by atoms with Crippen LogP contribution in [0.4, 0.5) is 0 Å². The fourth-order valence-corrected chi connectivity index (χ4v) is 18.8. The summed E-state index contributed by atoms with van der Waals surface area (Å²) in [7, 11) is 0. The van der Waals surface area contributed by atoms with Crippen molar-refractivity contribution in [3.05, 3.63) is 33.4 Å². The van der Waals surface area contributed by atoms with Gasteiger partial charge in [-0.2, -0.15) is 0 Å². The molecule has 18 atom stereocenters. The van der Waals surface area contributed by atoms with E-state index in [9.17, 15) is 0 Å². The van der Waals surface area contributed by atoms with E-state index >= 15 is 0 Å². The van der Waals surface area contributed by atoms with E-state index in [0.717, 1.165) is 107 Å². The predicted octanol–water partition coefficient (Wildman–Crippen LogP) is 11.9. The molecule has 13 rings (SSSR count). The van der Waals surface area contributed by atoms with Crippen LogP contribution in [-0.2, 0) is 0 Å². The Bertz CT molecular complexity index is 1150. The van der Waals surface area contributed by atoms with E-state index in [4.69, 9.17) is 0 Å². The number of hydrogen-bond donors (Lipinski definition) is 0. The quantitative estimate of drug-likeness (QED) is 0.278. The molecule has 0 heterocycles. The van der Waals surface area contributed by atoms with Gasteiger partial charge in [-0.3, -0.25) is 0 Å². The van der Waals surface area contributed by atoms with Crippen LogP contribution in [0.25, 0.3) is 0 Å². The summed E-state index contributed by atoms with van der Waals surface area (Å²) in [6.45, 7) is 0. The van der Waals surface area contributed by atoms with Crippen LogP contribution in [0.3, 0.4) is 0 Å². The van der Waals surface area contributed by atoms with Crippen LogP contribution in [-0.4, -0.2) is 0 Å². The molecule has 9 fully saturated rings. The Hall–Kier alpha value is -0.780. The Morgan fingerprint density at radius 1 is 0.222 bits per heavy atom. The van der Waals surface area contributed by atoms with Gasteiger partial charge >= 0.3 is 0 Å². The number of hydrogen-bond acceptors (Lipinski definition) is 0. The Kier molecular flexibility index (Phi) is 5.26. The minimum Gasteiger partial charge on any atom is -0.0530 e. The van der Waals surface area contributed by atoms with E-state index in [1.54, 1.807) is 135 Å². The lowest BCUT2D eigenvalue weighted by Crippen LogP contribution is -2.41. The van der Waals surface area contributed by atoms with Gasteiger partial charge in [0, 0.05) is 0 Å². The average molecular weight is 601 g/mol. The van der Waals surface area contributed by atoms with Gasteiger partial charge in [-0.15, -0.1) is 0 Å². The number of fused-ring (bicyclic) bond motifs is 30. The molecule has 9 saturated carbocycles. The summed E-state index contributed by atoms with van der Waals surface area (Å²) in [4.78, 5) is 0. The van der Waals surface area contributed by atoms with Crippen molar-refractivity contribution in [3.8, 4) is 0 Å². The summed E-state index contributed by atoms with van der Waals surface area (Å²) in [5, 5.41) is 0. The molecular weight excluding hydrogens is 540 g/mol. The highest BCUT2D eigenvalue weighted by atomic mass is 14.7. The van der Waals surface area contributed by atoms with Crippen molar-refractivity contribution in [2.75, 3.05) is 0 Å². The van der Waals surface area contributed by atoms with Gasteiger partial charge in [0.2, 0.25) is 0 Å². The third kappa shape index (κ3) is 3.17.